The Balaban J connectivity index is 1.74. The lowest BCUT2D eigenvalue weighted by atomic mass is 10.1. The molecule has 1 aromatic rings. The Morgan fingerprint density at radius 3 is 2.47 bits per heavy atom. The van der Waals surface area contributed by atoms with Gasteiger partial charge in [0.15, 0.2) is 5.96 Å². The van der Waals surface area contributed by atoms with Gasteiger partial charge in [-0.3, -0.25) is 4.99 Å². The molecule has 1 fully saturated rings. The van der Waals surface area contributed by atoms with Crippen molar-refractivity contribution >= 4 is 12.1 Å². The Hall–Kier alpha value is -2.65. The molecule has 7 nitrogen and oxygen atoms in total. The number of para-hydroxylation sites is 1. The summed E-state index contributed by atoms with van der Waals surface area (Å²) in [5.74, 6) is 0.292. The van der Waals surface area contributed by atoms with Crippen LogP contribution in [0.15, 0.2) is 29.3 Å². The first-order valence-corrected chi connectivity index (χ1v) is 9.77. The quantitative estimate of drug-likeness (QED) is 0.350. The second-order valence-electron chi connectivity index (χ2n) is 7.96. The molecule has 1 saturated carbocycles. The number of ether oxygens (including phenoxy) is 2. The number of aliphatic imine (C=N–C) groups is 1. The molecule has 0 spiro atoms. The van der Waals surface area contributed by atoms with Gasteiger partial charge in [0.05, 0.1) is 0 Å². The highest BCUT2D eigenvalue weighted by Crippen LogP contribution is 2.45. The first kappa shape index (κ1) is 23.6. The van der Waals surface area contributed by atoms with E-state index >= 15 is 0 Å². The molecule has 0 radical (unpaired) electrons. The molecule has 1 aliphatic carbocycles. The molecule has 0 aromatic heterocycles. The fourth-order valence-corrected chi connectivity index (χ4v) is 2.87. The van der Waals surface area contributed by atoms with Crippen LogP contribution in [0.1, 0.15) is 45.1 Å². The highest BCUT2D eigenvalue weighted by atomic mass is 19.4. The zero-order valence-corrected chi connectivity index (χ0v) is 17.6. The number of hydrogen-bond donors (Lipinski definition) is 3. The third-order valence-electron chi connectivity index (χ3n) is 4.19. The third kappa shape index (κ3) is 8.38. The standard InChI is InChI=1S/C20H29F3N4O3/c1-19(2,3)30-18(28)26-11-7-10-25-17(24-4)27-15-12-14(15)13-8-5-6-9-16(13)29-20(21,22)23/h5-6,8-9,14-15H,7,10-12H2,1-4H3,(H,26,28)(H2,24,25,27). The van der Waals surface area contributed by atoms with Crippen LogP contribution in [0.5, 0.6) is 5.75 Å². The predicted molar refractivity (Wildman–Crippen MR) is 108 cm³/mol. The van der Waals surface area contributed by atoms with Crippen LogP contribution in [0.2, 0.25) is 0 Å². The van der Waals surface area contributed by atoms with Gasteiger partial charge in [-0.05, 0) is 45.2 Å². The first-order valence-electron chi connectivity index (χ1n) is 9.77. The summed E-state index contributed by atoms with van der Waals surface area (Å²) in [6.07, 6.45) is -3.86. The summed E-state index contributed by atoms with van der Waals surface area (Å²) in [5.41, 5.74) is -0.0249. The average Bonchev–Trinajstić information content (AvgIpc) is 3.37. The van der Waals surface area contributed by atoms with Crippen LogP contribution in [-0.4, -0.2) is 50.2 Å². The molecule has 1 aliphatic rings. The third-order valence-corrected chi connectivity index (χ3v) is 4.19. The molecule has 2 unspecified atom stereocenters. The van der Waals surface area contributed by atoms with Crippen LogP contribution in [0.4, 0.5) is 18.0 Å². The van der Waals surface area contributed by atoms with Crippen molar-refractivity contribution in [2.45, 2.75) is 57.5 Å². The number of alkyl carbamates (subject to hydrolysis) is 1. The smallest absolute Gasteiger partial charge is 0.444 e. The summed E-state index contributed by atoms with van der Waals surface area (Å²) in [6, 6.07) is 6.14. The van der Waals surface area contributed by atoms with E-state index in [0.717, 1.165) is 0 Å². The van der Waals surface area contributed by atoms with E-state index in [4.69, 9.17) is 4.74 Å². The number of guanidine groups is 1. The lowest BCUT2D eigenvalue weighted by Crippen LogP contribution is -2.40. The van der Waals surface area contributed by atoms with Crippen molar-refractivity contribution in [1.29, 1.82) is 0 Å². The van der Waals surface area contributed by atoms with Gasteiger partial charge in [-0.1, -0.05) is 18.2 Å². The van der Waals surface area contributed by atoms with Crippen LogP contribution in [-0.2, 0) is 4.74 Å². The van der Waals surface area contributed by atoms with E-state index in [1.54, 1.807) is 40.0 Å². The topological polar surface area (TPSA) is 84.0 Å². The number of alkyl halides is 3. The predicted octanol–water partition coefficient (Wildman–Crippen LogP) is 3.52. The molecule has 30 heavy (non-hydrogen) atoms. The van der Waals surface area contributed by atoms with Crippen LogP contribution in [0, 0.1) is 0 Å². The van der Waals surface area contributed by atoms with E-state index in [0.29, 0.717) is 37.5 Å². The maximum Gasteiger partial charge on any atom is 0.573 e. The first-order chi connectivity index (χ1) is 14.0. The molecule has 168 valence electrons. The lowest BCUT2D eigenvalue weighted by Gasteiger charge is -2.19. The average molecular weight is 430 g/mol. The van der Waals surface area contributed by atoms with Crippen molar-refractivity contribution < 1.29 is 27.4 Å². The van der Waals surface area contributed by atoms with Crippen molar-refractivity contribution in [1.82, 2.24) is 16.0 Å². The van der Waals surface area contributed by atoms with Crippen molar-refractivity contribution in [3.05, 3.63) is 29.8 Å². The van der Waals surface area contributed by atoms with Gasteiger partial charge < -0.3 is 25.4 Å². The molecule has 0 bridgehead atoms. The second kappa shape index (κ2) is 9.90. The molecule has 10 heteroatoms. The summed E-state index contributed by atoms with van der Waals surface area (Å²) in [4.78, 5) is 15.7. The molecule has 0 heterocycles. The molecule has 2 atom stereocenters. The van der Waals surface area contributed by atoms with Gasteiger partial charge >= 0.3 is 12.5 Å². The van der Waals surface area contributed by atoms with Gasteiger partial charge in [0, 0.05) is 32.1 Å². The lowest BCUT2D eigenvalue weighted by molar-refractivity contribution is -0.274. The number of rotatable bonds is 7. The number of halogens is 3. The molecule has 3 N–H and O–H groups in total. The molecular formula is C20H29F3N4O3. The number of carbonyl (C=O) groups is 1. The van der Waals surface area contributed by atoms with Gasteiger partial charge in [0.2, 0.25) is 0 Å². The Morgan fingerprint density at radius 2 is 1.83 bits per heavy atom. The van der Waals surface area contributed by atoms with Gasteiger partial charge in [0.25, 0.3) is 0 Å². The molecule has 0 aliphatic heterocycles. The highest BCUT2D eigenvalue weighted by Gasteiger charge is 2.42. The fourth-order valence-electron chi connectivity index (χ4n) is 2.87. The minimum atomic E-state index is -4.72. The zero-order chi connectivity index (χ0) is 22.4. The summed E-state index contributed by atoms with van der Waals surface area (Å²) >= 11 is 0. The molecule has 0 saturated heterocycles. The normalized spacial score (nSPS) is 19.1. The SMILES string of the molecule is CN=C(NCCCNC(=O)OC(C)(C)C)NC1CC1c1ccccc1OC(F)(F)F. The Bertz CT molecular complexity index is 748. The van der Waals surface area contributed by atoms with E-state index in [9.17, 15) is 18.0 Å². The maximum atomic E-state index is 12.6. The van der Waals surface area contributed by atoms with Crippen molar-refractivity contribution in [3.63, 3.8) is 0 Å². The maximum absolute atomic E-state index is 12.6. The van der Waals surface area contributed by atoms with E-state index in [1.807, 2.05) is 0 Å². The Labute approximate surface area is 174 Å². The van der Waals surface area contributed by atoms with E-state index in [2.05, 4.69) is 25.7 Å². The number of benzene rings is 1. The highest BCUT2D eigenvalue weighted by molar-refractivity contribution is 5.80. The van der Waals surface area contributed by atoms with E-state index < -0.39 is 18.1 Å². The van der Waals surface area contributed by atoms with Gasteiger partial charge in [0.1, 0.15) is 11.4 Å². The fraction of sp³-hybridized carbons (Fsp3) is 0.600. The Morgan fingerprint density at radius 1 is 1.17 bits per heavy atom. The van der Waals surface area contributed by atoms with Crippen molar-refractivity contribution in [2.75, 3.05) is 20.1 Å². The molecule has 2 rings (SSSR count). The molecule has 1 aromatic carbocycles. The summed E-state index contributed by atoms with van der Waals surface area (Å²) in [6.45, 7) is 6.38. The van der Waals surface area contributed by atoms with Crippen LogP contribution >= 0.6 is 0 Å². The number of carbonyl (C=O) groups excluding carboxylic acids is 1. The van der Waals surface area contributed by atoms with Gasteiger partial charge in [-0.2, -0.15) is 0 Å². The van der Waals surface area contributed by atoms with Gasteiger partial charge in [-0.25, -0.2) is 4.79 Å². The second-order valence-corrected chi connectivity index (χ2v) is 7.96. The van der Waals surface area contributed by atoms with Gasteiger partial charge in [-0.15, -0.1) is 13.2 Å². The van der Waals surface area contributed by atoms with Crippen molar-refractivity contribution in [3.8, 4) is 5.75 Å². The Kier molecular flexibility index (Phi) is 7.80. The van der Waals surface area contributed by atoms with E-state index in [1.165, 1.54) is 12.1 Å². The molecular weight excluding hydrogens is 401 g/mol. The van der Waals surface area contributed by atoms with Crippen LogP contribution in [0.25, 0.3) is 0 Å². The summed E-state index contributed by atoms with van der Waals surface area (Å²) in [5, 5.41) is 8.99. The summed E-state index contributed by atoms with van der Waals surface area (Å²) < 4.78 is 47.1. The van der Waals surface area contributed by atoms with Crippen LogP contribution < -0.4 is 20.7 Å². The largest absolute Gasteiger partial charge is 0.573 e. The zero-order valence-electron chi connectivity index (χ0n) is 17.6. The number of nitrogens with zero attached hydrogens (tertiary/aromatic N) is 1. The van der Waals surface area contributed by atoms with Crippen molar-refractivity contribution in [2.24, 2.45) is 4.99 Å². The monoisotopic (exact) mass is 430 g/mol. The number of nitrogens with one attached hydrogen (secondary N) is 3. The minimum Gasteiger partial charge on any atom is -0.444 e. The van der Waals surface area contributed by atoms with E-state index in [-0.39, 0.29) is 17.7 Å². The van der Waals surface area contributed by atoms with Crippen LogP contribution in [0.3, 0.4) is 0 Å². The number of hydrogen-bond acceptors (Lipinski definition) is 4. The molecule has 1 amide bonds. The number of amides is 1. The summed E-state index contributed by atoms with van der Waals surface area (Å²) in [7, 11) is 1.62. The minimum absolute atomic E-state index is 0.0333.